The minimum Gasteiger partial charge on any atom is -0.480 e. The second-order valence-corrected chi connectivity index (χ2v) is 5.24. The number of benzene rings is 1. The summed E-state index contributed by atoms with van der Waals surface area (Å²) in [5.74, 6) is -1.23. The van der Waals surface area contributed by atoms with Crippen molar-refractivity contribution in [2.24, 2.45) is 5.41 Å². The number of rotatable bonds is 2. The van der Waals surface area contributed by atoms with E-state index in [4.69, 9.17) is 0 Å². The fourth-order valence-corrected chi connectivity index (χ4v) is 2.75. The van der Waals surface area contributed by atoms with E-state index >= 15 is 0 Å². The Hall–Kier alpha value is -1.84. The van der Waals surface area contributed by atoms with E-state index in [1.807, 2.05) is 31.2 Å². The maximum Gasteiger partial charge on any atom is 0.319 e. The van der Waals surface area contributed by atoms with Crippen LogP contribution in [0.15, 0.2) is 24.3 Å². The van der Waals surface area contributed by atoms with Gasteiger partial charge < -0.3 is 10.0 Å². The van der Waals surface area contributed by atoms with E-state index in [0.717, 1.165) is 17.7 Å². The van der Waals surface area contributed by atoms with Crippen LogP contribution >= 0.6 is 0 Å². The van der Waals surface area contributed by atoms with Crippen LogP contribution in [0.4, 0.5) is 5.69 Å². The first-order valence-corrected chi connectivity index (χ1v) is 6.21. The number of carbonyl (C=O) groups excluding carboxylic acids is 1. The van der Waals surface area contributed by atoms with Crippen molar-refractivity contribution in [3.8, 4) is 0 Å². The van der Waals surface area contributed by atoms with Crippen LogP contribution < -0.4 is 4.90 Å². The van der Waals surface area contributed by atoms with Crippen LogP contribution in [-0.4, -0.2) is 23.0 Å². The zero-order chi connectivity index (χ0) is 12.9. The van der Waals surface area contributed by atoms with Crippen LogP contribution in [0.2, 0.25) is 0 Å². The fourth-order valence-electron chi connectivity index (χ4n) is 2.75. The van der Waals surface area contributed by atoms with Gasteiger partial charge in [-0.2, -0.15) is 0 Å². The van der Waals surface area contributed by atoms with Crippen molar-refractivity contribution in [1.29, 1.82) is 0 Å². The van der Waals surface area contributed by atoms with Crippen molar-refractivity contribution in [3.63, 3.8) is 0 Å². The Morgan fingerprint density at radius 1 is 1.33 bits per heavy atom. The number of hydrogen-bond donors (Lipinski definition) is 1. The Morgan fingerprint density at radius 3 is 2.61 bits per heavy atom. The summed E-state index contributed by atoms with van der Waals surface area (Å²) < 4.78 is 0. The molecule has 94 valence electrons. The molecule has 2 aliphatic rings. The van der Waals surface area contributed by atoms with Gasteiger partial charge in [0.1, 0.15) is 5.41 Å². The molecule has 1 aliphatic carbocycles. The lowest BCUT2D eigenvalue weighted by atomic mass is 10.1. The molecule has 1 aliphatic heterocycles. The van der Waals surface area contributed by atoms with E-state index in [2.05, 4.69) is 0 Å². The summed E-state index contributed by atoms with van der Waals surface area (Å²) in [6, 6.07) is 7.78. The van der Waals surface area contributed by atoms with Gasteiger partial charge in [-0.3, -0.25) is 9.59 Å². The molecule has 1 unspecified atom stereocenters. The van der Waals surface area contributed by atoms with Crippen molar-refractivity contribution in [2.45, 2.75) is 32.2 Å². The molecule has 1 aromatic rings. The highest BCUT2D eigenvalue weighted by Crippen LogP contribution is 2.49. The SMILES string of the molecule is CC1Cc2ccccc2N1C(=O)C1(C(=O)O)CC1. The summed E-state index contributed by atoms with van der Waals surface area (Å²) in [6.45, 7) is 1.97. The maximum atomic E-state index is 12.5. The minimum atomic E-state index is -1.15. The number of carboxylic acids is 1. The average molecular weight is 245 g/mol. The van der Waals surface area contributed by atoms with E-state index in [1.165, 1.54) is 0 Å². The number of hydrogen-bond acceptors (Lipinski definition) is 2. The van der Waals surface area contributed by atoms with Crippen LogP contribution in [0.1, 0.15) is 25.3 Å². The van der Waals surface area contributed by atoms with E-state index < -0.39 is 11.4 Å². The molecule has 3 rings (SSSR count). The molecule has 4 heteroatoms. The summed E-state index contributed by atoms with van der Waals surface area (Å²) in [6.07, 6.45) is 1.73. The molecule has 4 nitrogen and oxygen atoms in total. The topological polar surface area (TPSA) is 57.6 Å². The Kier molecular flexibility index (Phi) is 2.24. The average Bonchev–Trinajstić information content (AvgIpc) is 3.07. The zero-order valence-corrected chi connectivity index (χ0v) is 10.2. The molecule has 0 bridgehead atoms. The third-order valence-electron chi connectivity index (χ3n) is 3.99. The van der Waals surface area contributed by atoms with Gasteiger partial charge in [-0.05, 0) is 37.8 Å². The van der Waals surface area contributed by atoms with Crippen molar-refractivity contribution < 1.29 is 14.7 Å². The quantitative estimate of drug-likeness (QED) is 0.809. The molecule has 0 spiro atoms. The van der Waals surface area contributed by atoms with Gasteiger partial charge in [0.2, 0.25) is 5.91 Å². The van der Waals surface area contributed by atoms with E-state index in [1.54, 1.807) is 4.90 Å². The molecular formula is C14H15NO3. The number of nitrogens with zero attached hydrogens (tertiary/aromatic N) is 1. The summed E-state index contributed by atoms with van der Waals surface area (Å²) in [4.78, 5) is 25.4. The number of fused-ring (bicyclic) bond motifs is 1. The monoisotopic (exact) mass is 245 g/mol. The van der Waals surface area contributed by atoms with E-state index in [0.29, 0.717) is 12.8 Å². The molecule has 1 amide bonds. The number of amides is 1. The first-order valence-electron chi connectivity index (χ1n) is 6.21. The second-order valence-electron chi connectivity index (χ2n) is 5.24. The normalized spacial score (nSPS) is 23.6. The lowest BCUT2D eigenvalue weighted by molar-refractivity contribution is -0.148. The maximum absolute atomic E-state index is 12.5. The second kappa shape index (κ2) is 3.57. The predicted octanol–water partition coefficient (Wildman–Crippen LogP) is 1.83. The van der Waals surface area contributed by atoms with Crippen LogP contribution in [0.3, 0.4) is 0 Å². The van der Waals surface area contributed by atoms with Gasteiger partial charge in [0.05, 0.1) is 0 Å². The predicted molar refractivity (Wildman–Crippen MR) is 66.4 cm³/mol. The van der Waals surface area contributed by atoms with Crippen molar-refractivity contribution >= 4 is 17.6 Å². The van der Waals surface area contributed by atoms with E-state index in [9.17, 15) is 14.7 Å². The highest BCUT2D eigenvalue weighted by Gasteiger charge is 2.59. The molecule has 18 heavy (non-hydrogen) atoms. The van der Waals surface area contributed by atoms with Crippen LogP contribution in [0.25, 0.3) is 0 Å². The molecule has 1 aromatic carbocycles. The zero-order valence-electron chi connectivity index (χ0n) is 10.2. The van der Waals surface area contributed by atoms with Gasteiger partial charge in [-0.1, -0.05) is 18.2 Å². The molecule has 0 saturated heterocycles. The van der Waals surface area contributed by atoms with Crippen LogP contribution in [-0.2, 0) is 16.0 Å². The van der Waals surface area contributed by atoms with Crippen LogP contribution in [0, 0.1) is 5.41 Å². The highest BCUT2D eigenvalue weighted by molar-refractivity contribution is 6.13. The number of anilines is 1. The number of aliphatic carboxylic acids is 1. The van der Waals surface area contributed by atoms with E-state index in [-0.39, 0.29) is 11.9 Å². The lowest BCUT2D eigenvalue weighted by Crippen LogP contribution is -2.44. The van der Waals surface area contributed by atoms with Crippen molar-refractivity contribution in [3.05, 3.63) is 29.8 Å². The number of para-hydroxylation sites is 1. The van der Waals surface area contributed by atoms with Gasteiger partial charge >= 0.3 is 5.97 Å². The third kappa shape index (κ3) is 1.38. The summed E-state index contributed by atoms with van der Waals surface area (Å²) in [7, 11) is 0. The largest absolute Gasteiger partial charge is 0.480 e. The smallest absolute Gasteiger partial charge is 0.319 e. The van der Waals surface area contributed by atoms with Gasteiger partial charge in [0, 0.05) is 11.7 Å². The van der Waals surface area contributed by atoms with Crippen LogP contribution in [0.5, 0.6) is 0 Å². The molecule has 1 atom stereocenters. The van der Waals surface area contributed by atoms with Crippen molar-refractivity contribution in [1.82, 2.24) is 0 Å². The number of carboxylic acid groups (broad SMARTS) is 1. The van der Waals surface area contributed by atoms with Gasteiger partial charge in [-0.15, -0.1) is 0 Å². The number of carbonyl (C=O) groups is 2. The third-order valence-corrected chi connectivity index (χ3v) is 3.99. The Balaban J connectivity index is 1.98. The molecule has 1 fully saturated rings. The lowest BCUT2D eigenvalue weighted by Gasteiger charge is -2.25. The first-order chi connectivity index (χ1) is 8.56. The van der Waals surface area contributed by atoms with Crippen molar-refractivity contribution in [2.75, 3.05) is 4.90 Å². The first kappa shape index (κ1) is 11.3. The summed E-state index contributed by atoms with van der Waals surface area (Å²) >= 11 is 0. The Morgan fingerprint density at radius 2 is 2.00 bits per heavy atom. The fraction of sp³-hybridized carbons (Fsp3) is 0.429. The molecule has 0 aromatic heterocycles. The molecule has 1 heterocycles. The highest BCUT2D eigenvalue weighted by atomic mass is 16.4. The van der Waals surface area contributed by atoms with Gasteiger partial charge in [0.15, 0.2) is 0 Å². The standard InChI is InChI=1S/C14H15NO3/c1-9-8-10-4-2-3-5-11(10)15(9)12(16)14(6-7-14)13(17)18/h2-5,9H,6-8H2,1H3,(H,17,18). The molecule has 1 saturated carbocycles. The minimum absolute atomic E-state index is 0.0479. The molecule has 0 radical (unpaired) electrons. The molecular weight excluding hydrogens is 230 g/mol. The summed E-state index contributed by atoms with van der Waals surface area (Å²) in [5, 5.41) is 9.22. The van der Waals surface area contributed by atoms with Gasteiger partial charge in [0.25, 0.3) is 0 Å². The Bertz CT molecular complexity index is 534. The molecule has 1 N–H and O–H groups in total. The summed E-state index contributed by atoms with van der Waals surface area (Å²) in [5.41, 5.74) is 0.855. The Labute approximate surface area is 105 Å². The van der Waals surface area contributed by atoms with Gasteiger partial charge in [-0.25, -0.2) is 0 Å².